The van der Waals surface area contributed by atoms with Crippen LogP contribution >= 0.6 is 22.9 Å². The summed E-state index contributed by atoms with van der Waals surface area (Å²) in [4.78, 5) is 15.2. The van der Waals surface area contributed by atoms with Gasteiger partial charge in [-0.05, 0) is 43.2 Å². The van der Waals surface area contributed by atoms with Crippen molar-refractivity contribution in [3.63, 3.8) is 0 Å². The number of benzene rings is 1. The number of halogens is 1. The fourth-order valence-electron chi connectivity index (χ4n) is 1.93. The fourth-order valence-corrected chi connectivity index (χ4v) is 3.07. The van der Waals surface area contributed by atoms with Gasteiger partial charge in [-0.25, -0.2) is 0 Å². The molecule has 0 aliphatic heterocycles. The van der Waals surface area contributed by atoms with Gasteiger partial charge in [0.1, 0.15) is 0 Å². The number of hydrogen-bond acceptors (Lipinski definition) is 2. The zero-order valence-electron chi connectivity index (χ0n) is 11.2. The van der Waals surface area contributed by atoms with Gasteiger partial charge in [-0.1, -0.05) is 23.7 Å². The van der Waals surface area contributed by atoms with E-state index in [4.69, 9.17) is 11.6 Å². The first-order valence-corrected chi connectivity index (χ1v) is 7.24. The molecule has 0 bridgehead atoms. The summed E-state index contributed by atoms with van der Waals surface area (Å²) in [5, 5.41) is 0. The molecular formula is C15H16ClNOS. The van der Waals surface area contributed by atoms with Crippen molar-refractivity contribution in [3.8, 4) is 0 Å². The Bertz CT molecular complexity index is 606. The highest BCUT2D eigenvalue weighted by molar-refractivity contribution is 7.16. The summed E-state index contributed by atoms with van der Waals surface area (Å²) >= 11 is 7.41. The van der Waals surface area contributed by atoms with Crippen LogP contribution in [0, 0.1) is 13.8 Å². The minimum atomic E-state index is 0.0470. The van der Waals surface area contributed by atoms with E-state index in [1.54, 1.807) is 4.90 Å². The van der Waals surface area contributed by atoms with Gasteiger partial charge in [0.25, 0.3) is 5.91 Å². The Morgan fingerprint density at radius 1 is 1.26 bits per heavy atom. The highest BCUT2D eigenvalue weighted by Crippen LogP contribution is 2.23. The Hall–Kier alpha value is -1.32. The van der Waals surface area contributed by atoms with Crippen LogP contribution in [0.3, 0.4) is 0 Å². The SMILES string of the molecule is Cc1cccc(C(=O)N(C)Cc2ccc(Cl)s2)c1C. The largest absolute Gasteiger partial charge is 0.337 e. The third kappa shape index (κ3) is 3.17. The molecule has 0 fully saturated rings. The molecular weight excluding hydrogens is 278 g/mol. The second-order valence-electron chi connectivity index (χ2n) is 4.61. The van der Waals surface area contributed by atoms with Crippen molar-refractivity contribution >= 4 is 28.8 Å². The van der Waals surface area contributed by atoms with Crippen molar-refractivity contribution in [2.75, 3.05) is 7.05 Å². The molecule has 1 aromatic heterocycles. The highest BCUT2D eigenvalue weighted by atomic mass is 35.5. The Morgan fingerprint density at radius 3 is 2.63 bits per heavy atom. The maximum absolute atomic E-state index is 12.4. The van der Waals surface area contributed by atoms with Gasteiger partial charge in [-0.3, -0.25) is 4.79 Å². The number of hydrogen-bond donors (Lipinski definition) is 0. The number of nitrogens with zero attached hydrogens (tertiary/aromatic N) is 1. The molecule has 1 heterocycles. The van der Waals surface area contributed by atoms with E-state index >= 15 is 0 Å². The average Bonchev–Trinajstić information content (AvgIpc) is 2.77. The number of rotatable bonds is 3. The number of carbonyl (C=O) groups is 1. The summed E-state index contributed by atoms with van der Waals surface area (Å²) in [6.07, 6.45) is 0. The third-order valence-electron chi connectivity index (χ3n) is 3.20. The van der Waals surface area contributed by atoms with Crippen LogP contribution in [0.25, 0.3) is 0 Å². The van der Waals surface area contributed by atoms with E-state index in [1.165, 1.54) is 11.3 Å². The Morgan fingerprint density at radius 2 is 2.00 bits per heavy atom. The molecule has 0 aliphatic carbocycles. The Kier molecular flexibility index (Phi) is 4.27. The molecule has 0 atom stereocenters. The second kappa shape index (κ2) is 5.76. The Labute approximate surface area is 122 Å². The molecule has 100 valence electrons. The lowest BCUT2D eigenvalue weighted by Gasteiger charge is -2.18. The van der Waals surface area contributed by atoms with E-state index in [1.807, 2.05) is 51.2 Å². The molecule has 2 rings (SSSR count). The fraction of sp³-hybridized carbons (Fsp3) is 0.267. The molecule has 0 saturated carbocycles. The van der Waals surface area contributed by atoms with Crippen molar-refractivity contribution in [3.05, 3.63) is 56.2 Å². The lowest BCUT2D eigenvalue weighted by molar-refractivity contribution is 0.0785. The second-order valence-corrected chi connectivity index (χ2v) is 6.41. The van der Waals surface area contributed by atoms with Crippen molar-refractivity contribution in [1.82, 2.24) is 4.90 Å². The smallest absolute Gasteiger partial charge is 0.254 e. The van der Waals surface area contributed by atoms with E-state index in [-0.39, 0.29) is 5.91 Å². The summed E-state index contributed by atoms with van der Waals surface area (Å²) in [6.45, 7) is 4.59. The molecule has 0 radical (unpaired) electrons. The predicted molar refractivity (Wildman–Crippen MR) is 81.0 cm³/mol. The number of amides is 1. The quantitative estimate of drug-likeness (QED) is 0.826. The van der Waals surface area contributed by atoms with Crippen LogP contribution in [0.2, 0.25) is 4.34 Å². The van der Waals surface area contributed by atoms with Crippen molar-refractivity contribution < 1.29 is 4.79 Å². The number of carbonyl (C=O) groups excluding carboxylic acids is 1. The summed E-state index contributed by atoms with van der Waals surface area (Å²) in [5.41, 5.74) is 2.95. The van der Waals surface area contributed by atoms with E-state index in [0.29, 0.717) is 6.54 Å². The molecule has 2 nitrogen and oxygen atoms in total. The number of thiophene rings is 1. The van der Waals surface area contributed by atoms with Gasteiger partial charge in [0, 0.05) is 17.5 Å². The zero-order chi connectivity index (χ0) is 14.0. The van der Waals surface area contributed by atoms with Gasteiger partial charge in [0.05, 0.1) is 10.9 Å². The molecule has 0 aliphatic rings. The molecule has 1 aromatic carbocycles. The molecule has 2 aromatic rings. The van der Waals surface area contributed by atoms with Crippen LogP contribution in [0.1, 0.15) is 26.4 Å². The van der Waals surface area contributed by atoms with Gasteiger partial charge in [-0.2, -0.15) is 0 Å². The van der Waals surface area contributed by atoms with E-state index < -0.39 is 0 Å². The molecule has 0 N–H and O–H groups in total. The average molecular weight is 294 g/mol. The van der Waals surface area contributed by atoms with Gasteiger partial charge in [0.15, 0.2) is 0 Å². The molecule has 1 amide bonds. The summed E-state index contributed by atoms with van der Waals surface area (Å²) in [7, 11) is 1.82. The van der Waals surface area contributed by atoms with Gasteiger partial charge < -0.3 is 4.90 Å². The van der Waals surface area contributed by atoms with Crippen molar-refractivity contribution in [2.24, 2.45) is 0 Å². The van der Waals surface area contributed by atoms with E-state index in [0.717, 1.165) is 25.9 Å². The molecule has 0 unspecified atom stereocenters. The van der Waals surface area contributed by atoms with Crippen LogP contribution in [-0.4, -0.2) is 17.9 Å². The minimum Gasteiger partial charge on any atom is -0.337 e. The van der Waals surface area contributed by atoms with Crippen LogP contribution < -0.4 is 0 Å². The normalized spacial score (nSPS) is 10.5. The van der Waals surface area contributed by atoms with Gasteiger partial charge >= 0.3 is 0 Å². The van der Waals surface area contributed by atoms with Crippen molar-refractivity contribution in [1.29, 1.82) is 0 Å². The van der Waals surface area contributed by atoms with E-state index in [2.05, 4.69) is 0 Å². The minimum absolute atomic E-state index is 0.0470. The van der Waals surface area contributed by atoms with Crippen LogP contribution in [0.5, 0.6) is 0 Å². The van der Waals surface area contributed by atoms with Crippen LogP contribution in [0.4, 0.5) is 0 Å². The lowest BCUT2D eigenvalue weighted by Crippen LogP contribution is -2.26. The molecule has 4 heteroatoms. The van der Waals surface area contributed by atoms with Gasteiger partial charge in [0.2, 0.25) is 0 Å². The van der Waals surface area contributed by atoms with Crippen LogP contribution in [0.15, 0.2) is 30.3 Å². The maximum Gasteiger partial charge on any atom is 0.254 e. The number of aryl methyl sites for hydroxylation is 1. The topological polar surface area (TPSA) is 20.3 Å². The van der Waals surface area contributed by atoms with Crippen molar-refractivity contribution in [2.45, 2.75) is 20.4 Å². The Balaban J connectivity index is 2.17. The van der Waals surface area contributed by atoms with Gasteiger partial charge in [-0.15, -0.1) is 11.3 Å². The standard InChI is InChI=1S/C15H16ClNOS/c1-10-5-4-6-13(11(10)2)15(18)17(3)9-12-7-8-14(16)19-12/h4-8H,9H2,1-3H3. The highest BCUT2D eigenvalue weighted by Gasteiger charge is 2.15. The first-order valence-electron chi connectivity index (χ1n) is 6.05. The molecule has 0 spiro atoms. The third-order valence-corrected chi connectivity index (χ3v) is 4.42. The summed E-state index contributed by atoms with van der Waals surface area (Å²) in [6, 6.07) is 9.64. The van der Waals surface area contributed by atoms with Crippen LogP contribution in [-0.2, 0) is 6.54 Å². The van der Waals surface area contributed by atoms with E-state index in [9.17, 15) is 4.79 Å². The lowest BCUT2D eigenvalue weighted by atomic mass is 10.0. The monoisotopic (exact) mass is 293 g/mol. The summed E-state index contributed by atoms with van der Waals surface area (Å²) < 4.78 is 0.752. The zero-order valence-corrected chi connectivity index (χ0v) is 12.8. The molecule has 19 heavy (non-hydrogen) atoms. The first-order chi connectivity index (χ1) is 8.99. The predicted octanol–water partition coefficient (Wildman–Crippen LogP) is 4.29. The maximum atomic E-state index is 12.4. The first kappa shape index (κ1) is 14.1. The summed E-state index contributed by atoms with van der Waals surface area (Å²) in [5.74, 6) is 0.0470. The molecule has 0 saturated heterocycles.